The van der Waals surface area contributed by atoms with Crippen molar-refractivity contribution >= 4 is 17.7 Å². The van der Waals surface area contributed by atoms with Crippen LogP contribution in [-0.4, -0.2) is 40.7 Å². The van der Waals surface area contributed by atoms with E-state index >= 15 is 0 Å². The van der Waals surface area contributed by atoms with Crippen LogP contribution in [0, 0.1) is 10.1 Å². The Hall–Kier alpha value is -1.15. The molecule has 1 heterocycles. The third-order valence-corrected chi connectivity index (χ3v) is 3.64. The van der Waals surface area contributed by atoms with Gasteiger partial charge in [0.1, 0.15) is 5.37 Å². The van der Waals surface area contributed by atoms with Crippen LogP contribution >= 0.6 is 12.0 Å². The van der Waals surface area contributed by atoms with Gasteiger partial charge < -0.3 is 9.29 Å². The third kappa shape index (κ3) is 2.99. The largest absolute Gasteiger partial charge is 0.379 e. The van der Waals surface area contributed by atoms with E-state index in [9.17, 15) is 14.7 Å². The SMILES string of the molecule is O=[N+]([O-])c1ccc(C(SO)N2CCOCC2)cc1. The van der Waals surface area contributed by atoms with Crippen LogP contribution in [0.4, 0.5) is 5.69 Å². The van der Waals surface area contributed by atoms with E-state index in [1.807, 2.05) is 0 Å². The Morgan fingerprint density at radius 1 is 1.33 bits per heavy atom. The number of nitro groups is 1. The summed E-state index contributed by atoms with van der Waals surface area (Å²) in [5, 5.41) is 10.4. The zero-order valence-electron chi connectivity index (χ0n) is 9.69. The number of non-ortho nitro benzene ring substituents is 1. The van der Waals surface area contributed by atoms with Gasteiger partial charge in [0.2, 0.25) is 0 Å². The Bertz CT molecular complexity index is 406. The average Bonchev–Trinajstić information content (AvgIpc) is 2.41. The first-order chi connectivity index (χ1) is 8.72. The highest BCUT2D eigenvalue weighted by Crippen LogP contribution is 2.31. The molecule has 0 aromatic heterocycles. The van der Waals surface area contributed by atoms with Crippen molar-refractivity contribution in [2.45, 2.75) is 5.37 Å². The first-order valence-electron chi connectivity index (χ1n) is 5.59. The first-order valence-corrected chi connectivity index (χ1v) is 6.42. The van der Waals surface area contributed by atoms with Gasteiger partial charge in [0, 0.05) is 37.3 Å². The van der Waals surface area contributed by atoms with Crippen molar-refractivity contribution in [3.63, 3.8) is 0 Å². The fraction of sp³-hybridized carbons (Fsp3) is 0.455. The van der Waals surface area contributed by atoms with Crippen molar-refractivity contribution < 1.29 is 14.2 Å². The minimum Gasteiger partial charge on any atom is -0.379 e. The van der Waals surface area contributed by atoms with Crippen LogP contribution in [0.1, 0.15) is 10.9 Å². The van der Waals surface area contributed by atoms with E-state index in [-0.39, 0.29) is 11.1 Å². The van der Waals surface area contributed by atoms with E-state index in [2.05, 4.69) is 4.90 Å². The second-order valence-corrected chi connectivity index (χ2v) is 4.61. The molecule has 0 bridgehead atoms. The Balaban J connectivity index is 2.13. The Morgan fingerprint density at radius 2 is 1.94 bits per heavy atom. The number of ether oxygens (including phenoxy) is 1. The molecule has 6 nitrogen and oxygen atoms in total. The van der Waals surface area contributed by atoms with E-state index in [0.29, 0.717) is 13.2 Å². The van der Waals surface area contributed by atoms with Gasteiger partial charge in [0.05, 0.1) is 18.1 Å². The standard InChI is InChI=1S/C11H14N2O4S/c14-13(15)10-3-1-9(2-4-10)11(18-16)12-5-7-17-8-6-12/h1-4,11,16H,5-8H2. The average molecular weight is 270 g/mol. The fourth-order valence-corrected chi connectivity index (χ4v) is 2.53. The van der Waals surface area contributed by atoms with E-state index in [1.54, 1.807) is 12.1 Å². The summed E-state index contributed by atoms with van der Waals surface area (Å²) in [6.07, 6.45) is 0. The molecule has 0 aliphatic carbocycles. The molecule has 0 spiro atoms. The molecule has 18 heavy (non-hydrogen) atoms. The van der Waals surface area contributed by atoms with Crippen LogP contribution in [0.3, 0.4) is 0 Å². The topological polar surface area (TPSA) is 75.8 Å². The van der Waals surface area contributed by atoms with Gasteiger partial charge in [-0.15, -0.1) is 0 Å². The first kappa shape index (κ1) is 13.3. The quantitative estimate of drug-likeness (QED) is 0.513. The van der Waals surface area contributed by atoms with E-state index < -0.39 is 4.92 Å². The molecule has 2 rings (SSSR count). The molecule has 1 saturated heterocycles. The molecule has 0 radical (unpaired) electrons. The van der Waals surface area contributed by atoms with Gasteiger partial charge >= 0.3 is 0 Å². The van der Waals surface area contributed by atoms with Crippen molar-refractivity contribution in [3.05, 3.63) is 39.9 Å². The summed E-state index contributed by atoms with van der Waals surface area (Å²) < 4.78 is 14.7. The second kappa shape index (κ2) is 6.14. The minimum absolute atomic E-state index is 0.0578. The Morgan fingerprint density at radius 3 is 2.44 bits per heavy atom. The van der Waals surface area contributed by atoms with Gasteiger partial charge in [-0.05, 0) is 17.7 Å². The van der Waals surface area contributed by atoms with E-state index in [1.165, 1.54) is 12.1 Å². The summed E-state index contributed by atoms with van der Waals surface area (Å²) in [5.41, 5.74) is 0.914. The molecule has 1 aliphatic rings. The molecule has 1 unspecified atom stereocenters. The molecule has 7 heteroatoms. The van der Waals surface area contributed by atoms with Crippen molar-refractivity contribution in [1.29, 1.82) is 0 Å². The summed E-state index contributed by atoms with van der Waals surface area (Å²) >= 11 is 0.744. The number of benzene rings is 1. The highest BCUT2D eigenvalue weighted by Gasteiger charge is 2.23. The molecule has 0 saturated carbocycles. The number of hydrogen-bond donors (Lipinski definition) is 1. The molecule has 1 N–H and O–H groups in total. The highest BCUT2D eigenvalue weighted by molar-refractivity contribution is 7.93. The lowest BCUT2D eigenvalue weighted by molar-refractivity contribution is -0.384. The van der Waals surface area contributed by atoms with Crippen molar-refractivity contribution in [2.75, 3.05) is 26.3 Å². The van der Waals surface area contributed by atoms with Crippen LogP contribution in [-0.2, 0) is 4.74 Å². The lowest BCUT2D eigenvalue weighted by atomic mass is 10.2. The maximum absolute atomic E-state index is 10.6. The van der Waals surface area contributed by atoms with Gasteiger partial charge in [0.25, 0.3) is 5.69 Å². The molecule has 1 aromatic rings. The molecule has 1 atom stereocenters. The molecule has 98 valence electrons. The predicted octanol–water partition coefficient (Wildman–Crippen LogP) is 2.13. The van der Waals surface area contributed by atoms with Crippen molar-refractivity contribution in [2.24, 2.45) is 0 Å². The summed E-state index contributed by atoms with van der Waals surface area (Å²) in [7, 11) is 0. The van der Waals surface area contributed by atoms with E-state index in [0.717, 1.165) is 30.7 Å². The van der Waals surface area contributed by atoms with Gasteiger partial charge in [-0.25, -0.2) is 0 Å². The Labute approximate surface area is 109 Å². The maximum Gasteiger partial charge on any atom is 0.269 e. The Kier molecular flexibility index (Phi) is 4.54. The van der Waals surface area contributed by atoms with Gasteiger partial charge in [-0.1, -0.05) is 0 Å². The lowest BCUT2D eigenvalue weighted by Crippen LogP contribution is -2.37. The second-order valence-electron chi connectivity index (χ2n) is 3.95. The summed E-state index contributed by atoms with van der Waals surface area (Å²) in [6, 6.07) is 6.28. The van der Waals surface area contributed by atoms with Crippen molar-refractivity contribution in [1.82, 2.24) is 4.90 Å². The number of nitrogens with zero attached hydrogens (tertiary/aromatic N) is 2. The van der Waals surface area contributed by atoms with Gasteiger partial charge in [-0.3, -0.25) is 15.0 Å². The monoisotopic (exact) mass is 270 g/mol. The summed E-state index contributed by atoms with van der Waals surface area (Å²) in [6.45, 7) is 2.78. The van der Waals surface area contributed by atoms with Crippen LogP contribution in [0.15, 0.2) is 24.3 Å². The maximum atomic E-state index is 10.6. The minimum atomic E-state index is -0.431. The van der Waals surface area contributed by atoms with Crippen LogP contribution in [0.25, 0.3) is 0 Å². The third-order valence-electron chi connectivity index (χ3n) is 2.87. The number of morpholine rings is 1. The normalized spacial score (nSPS) is 18.5. The van der Waals surface area contributed by atoms with Crippen LogP contribution in [0.2, 0.25) is 0 Å². The zero-order valence-corrected chi connectivity index (χ0v) is 10.5. The lowest BCUT2D eigenvalue weighted by Gasteiger charge is -2.32. The number of rotatable bonds is 4. The molecule has 1 aliphatic heterocycles. The number of hydrogen-bond acceptors (Lipinski definition) is 6. The summed E-state index contributed by atoms with van der Waals surface area (Å²) in [4.78, 5) is 12.2. The van der Waals surface area contributed by atoms with Gasteiger partial charge in [0.15, 0.2) is 0 Å². The van der Waals surface area contributed by atoms with Crippen LogP contribution < -0.4 is 0 Å². The summed E-state index contributed by atoms with van der Waals surface area (Å²) in [5.74, 6) is 0. The molecule has 1 fully saturated rings. The van der Waals surface area contributed by atoms with Crippen LogP contribution in [0.5, 0.6) is 0 Å². The number of nitro benzene ring substituents is 1. The molecular weight excluding hydrogens is 256 g/mol. The van der Waals surface area contributed by atoms with Gasteiger partial charge in [-0.2, -0.15) is 0 Å². The fourth-order valence-electron chi connectivity index (χ4n) is 1.91. The molecule has 0 amide bonds. The van der Waals surface area contributed by atoms with E-state index in [4.69, 9.17) is 4.74 Å². The predicted molar refractivity (Wildman–Crippen MR) is 68.4 cm³/mol. The molecule has 1 aromatic carbocycles. The highest BCUT2D eigenvalue weighted by atomic mass is 32.2. The molecular formula is C11H14N2O4S. The van der Waals surface area contributed by atoms with Crippen molar-refractivity contribution in [3.8, 4) is 0 Å². The zero-order chi connectivity index (χ0) is 13.0. The smallest absolute Gasteiger partial charge is 0.269 e.